The zero-order chi connectivity index (χ0) is 6.57. The Balaban J connectivity index is 0. The molecule has 5 N–H and O–H groups in total. The number of hydrogen-bond donors (Lipinski definition) is 3. The Labute approximate surface area is 56.3 Å². The van der Waals surface area contributed by atoms with E-state index in [4.69, 9.17) is 10.2 Å². The van der Waals surface area contributed by atoms with Crippen LogP contribution in [0.25, 0.3) is 0 Å². The van der Waals surface area contributed by atoms with Gasteiger partial charge in [-0.2, -0.15) is 0 Å². The molecule has 0 aliphatic rings. The van der Waals surface area contributed by atoms with Crippen molar-refractivity contribution in [1.29, 1.82) is 0 Å². The summed E-state index contributed by atoms with van der Waals surface area (Å²) in [6.45, 7) is 3.91. The van der Waals surface area contributed by atoms with Gasteiger partial charge in [0, 0.05) is 0 Å². The number of rotatable bonds is 3. The standard InChI is InChI=1S/C6H14O2.H3N/c1-5(2)3-6(8)4-7;/h5-8H,3-4H2,1-2H3;1H3. The van der Waals surface area contributed by atoms with Gasteiger partial charge < -0.3 is 16.4 Å². The second-order valence-corrected chi connectivity index (χ2v) is 2.47. The SMILES string of the molecule is CC(C)CC(O)CO.N. The molecule has 0 aromatic heterocycles. The molecule has 3 nitrogen and oxygen atoms in total. The van der Waals surface area contributed by atoms with Crippen LogP contribution in [0.15, 0.2) is 0 Å². The van der Waals surface area contributed by atoms with Crippen LogP contribution in [-0.4, -0.2) is 22.9 Å². The maximum absolute atomic E-state index is 8.78. The van der Waals surface area contributed by atoms with Gasteiger partial charge in [-0.25, -0.2) is 0 Å². The molecule has 0 bridgehead atoms. The summed E-state index contributed by atoms with van der Waals surface area (Å²) in [5.41, 5.74) is 0. The average molecular weight is 135 g/mol. The summed E-state index contributed by atoms with van der Waals surface area (Å²) >= 11 is 0. The van der Waals surface area contributed by atoms with Crippen molar-refractivity contribution in [3.05, 3.63) is 0 Å². The highest BCUT2D eigenvalue weighted by Gasteiger charge is 2.02. The highest BCUT2D eigenvalue weighted by Crippen LogP contribution is 2.02. The molecule has 0 saturated heterocycles. The van der Waals surface area contributed by atoms with E-state index in [0.29, 0.717) is 12.3 Å². The minimum Gasteiger partial charge on any atom is -0.394 e. The molecule has 0 rings (SSSR count). The van der Waals surface area contributed by atoms with Crippen LogP contribution in [0, 0.1) is 5.92 Å². The van der Waals surface area contributed by atoms with Crippen molar-refractivity contribution < 1.29 is 10.2 Å². The van der Waals surface area contributed by atoms with Crippen LogP contribution in [0.4, 0.5) is 0 Å². The number of aliphatic hydroxyl groups excluding tert-OH is 2. The monoisotopic (exact) mass is 135 g/mol. The summed E-state index contributed by atoms with van der Waals surface area (Å²) in [5.74, 6) is 0.470. The van der Waals surface area contributed by atoms with Crippen molar-refractivity contribution in [2.75, 3.05) is 6.61 Å². The fraction of sp³-hybridized carbons (Fsp3) is 1.00. The number of aliphatic hydroxyl groups is 2. The van der Waals surface area contributed by atoms with E-state index >= 15 is 0 Å². The van der Waals surface area contributed by atoms with E-state index in [9.17, 15) is 0 Å². The van der Waals surface area contributed by atoms with Crippen LogP contribution in [0.2, 0.25) is 0 Å². The predicted molar refractivity (Wildman–Crippen MR) is 37.6 cm³/mol. The van der Waals surface area contributed by atoms with E-state index in [1.54, 1.807) is 0 Å². The summed E-state index contributed by atoms with van der Waals surface area (Å²) in [5, 5.41) is 17.1. The van der Waals surface area contributed by atoms with Gasteiger partial charge in [-0.3, -0.25) is 0 Å². The minimum absolute atomic E-state index is 0. The van der Waals surface area contributed by atoms with E-state index in [2.05, 4.69) is 0 Å². The van der Waals surface area contributed by atoms with Gasteiger partial charge in [0.1, 0.15) is 0 Å². The fourth-order valence-corrected chi connectivity index (χ4v) is 0.619. The molecule has 1 unspecified atom stereocenters. The van der Waals surface area contributed by atoms with Gasteiger partial charge in [-0.1, -0.05) is 13.8 Å². The van der Waals surface area contributed by atoms with E-state index in [0.717, 1.165) is 0 Å². The lowest BCUT2D eigenvalue weighted by atomic mass is 10.1. The van der Waals surface area contributed by atoms with E-state index in [1.165, 1.54) is 0 Å². The van der Waals surface area contributed by atoms with Crippen molar-refractivity contribution in [2.45, 2.75) is 26.4 Å². The van der Waals surface area contributed by atoms with Crippen LogP contribution in [0.5, 0.6) is 0 Å². The van der Waals surface area contributed by atoms with E-state index in [-0.39, 0.29) is 12.8 Å². The quantitative estimate of drug-likeness (QED) is 0.529. The molecule has 0 aromatic rings. The molecule has 0 fully saturated rings. The molecule has 0 spiro atoms. The zero-order valence-corrected chi connectivity index (χ0v) is 6.17. The first-order chi connectivity index (χ1) is 3.66. The van der Waals surface area contributed by atoms with Crippen LogP contribution in [0.3, 0.4) is 0 Å². The topological polar surface area (TPSA) is 75.5 Å². The van der Waals surface area contributed by atoms with Crippen molar-refractivity contribution >= 4 is 0 Å². The predicted octanol–water partition coefficient (Wildman–Crippen LogP) is 0.548. The zero-order valence-electron chi connectivity index (χ0n) is 6.17. The highest BCUT2D eigenvalue weighted by molar-refractivity contribution is 4.54. The van der Waals surface area contributed by atoms with Crippen molar-refractivity contribution in [3.63, 3.8) is 0 Å². The molecular formula is C6H17NO2. The highest BCUT2D eigenvalue weighted by atomic mass is 16.3. The first-order valence-corrected chi connectivity index (χ1v) is 2.95. The summed E-state index contributed by atoms with van der Waals surface area (Å²) in [7, 11) is 0. The molecule has 9 heavy (non-hydrogen) atoms. The van der Waals surface area contributed by atoms with E-state index in [1.807, 2.05) is 13.8 Å². The lowest BCUT2D eigenvalue weighted by molar-refractivity contribution is 0.0782. The lowest BCUT2D eigenvalue weighted by Crippen LogP contribution is -2.14. The Hall–Kier alpha value is -0.120. The smallest absolute Gasteiger partial charge is 0.0773 e. The van der Waals surface area contributed by atoms with Gasteiger partial charge >= 0.3 is 0 Å². The Kier molecular flexibility index (Phi) is 7.77. The second-order valence-electron chi connectivity index (χ2n) is 2.47. The van der Waals surface area contributed by atoms with Gasteiger partial charge in [0.2, 0.25) is 0 Å². The third kappa shape index (κ3) is 7.88. The Morgan fingerprint density at radius 3 is 1.89 bits per heavy atom. The molecule has 3 heteroatoms. The van der Waals surface area contributed by atoms with Gasteiger partial charge in [-0.15, -0.1) is 0 Å². The summed E-state index contributed by atoms with van der Waals surface area (Å²) < 4.78 is 0. The average Bonchev–Trinajstić information content (AvgIpc) is 1.65. The molecule has 0 radical (unpaired) electrons. The van der Waals surface area contributed by atoms with Gasteiger partial charge in [0.25, 0.3) is 0 Å². The third-order valence-electron chi connectivity index (χ3n) is 0.954. The first-order valence-electron chi connectivity index (χ1n) is 2.95. The molecule has 0 aliphatic carbocycles. The van der Waals surface area contributed by atoms with Crippen molar-refractivity contribution in [1.82, 2.24) is 6.15 Å². The molecule has 58 valence electrons. The normalized spacial score (nSPS) is 13.0. The molecule has 0 heterocycles. The van der Waals surface area contributed by atoms with Crippen molar-refractivity contribution in [2.24, 2.45) is 5.92 Å². The molecule has 0 saturated carbocycles. The summed E-state index contributed by atoms with van der Waals surface area (Å²) in [6.07, 6.45) is 0.172. The summed E-state index contributed by atoms with van der Waals surface area (Å²) in [4.78, 5) is 0. The minimum atomic E-state index is -0.519. The largest absolute Gasteiger partial charge is 0.394 e. The van der Waals surface area contributed by atoms with Crippen LogP contribution >= 0.6 is 0 Å². The third-order valence-corrected chi connectivity index (χ3v) is 0.954. The lowest BCUT2D eigenvalue weighted by Gasteiger charge is -2.08. The van der Waals surface area contributed by atoms with Crippen LogP contribution in [-0.2, 0) is 0 Å². The second kappa shape index (κ2) is 6.01. The maximum atomic E-state index is 8.78. The Bertz CT molecular complexity index is 57.0. The van der Waals surface area contributed by atoms with Crippen molar-refractivity contribution in [3.8, 4) is 0 Å². The Morgan fingerprint density at radius 1 is 1.33 bits per heavy atom. The molecular weight excluding hydrogens is 118 g/mol. The van der Waals surface area contributed by atoms with Gasteiger partial charge in [0.05, 0.1) is 12.7 Å². The van der Waals surface area contributed by atoms with Gasteiger partial charge in [0.15, 0.2) is 0 Å². The maximum Gasteiger partial charge on any atom is 0.0773 e. The fourth-order valence-electron chi connectivity index (χ4n) is 0.619. The van der Waals surface area contributed by atoms with Gasteiger partial charge in [-0.05, 0) is 12.3 Å². The summed E-state index contributed by atoms with van der Waals surface area (Å²) in [6, 6.07) is 0. The number of hydrogen-bond acceptors (Lipinski definition) is 3. The molecule has 0 aromatic carbocycles. The molecule has 0 amide bonds. The van der Waals surface area contributed by atoms with Crippen LogP contribution < -0.4 is 6.15 Å². The molecule has 0 aliphatic heterocycles. The molecule has 1 atom stereocenters. The first kappa shape index (κ1) is 11.6. The van der Waals surface area contributed by atoms with E-state index < -0.39 is 6.10 Å². The Morgan fingerprint density at radius 2 is 1.78 bits per heavy atom. The van der Waals surface area contributed by atoms with Crippen LogP contribution in [0.1, 0.15) is 20.3 Å².